The minimum absolute atomic E-state index is 0.222. The van der Waals surface area contributed by atoms with Crippen LogP contribution >= 0.6 is 11.8 Å². The van der Waals surface area contributed by atoms with Gasteiger partial charge in [0.15, 0.2) is 12.8 Å². The summed E-state index contributed by atoms with van der Waals surface area (Å²) in [5, 5.41) is 4.04. The van der Waals surface area contributed by atoms with E-state index >= 15 is 0 Å². The van der Waals surface area contributed by atoms with E-state index in [1.807, 2.05) is 0 Å². The zero-order valence-electron chi connectivity index (χ0n) is 16.5. The Morgan fingerprint density at radius 3 is 3.07 bits per heavy atom. The van der Waals surface area contributed by atoms with E-state index in [-0.39, 0.29) is 12.6 Å². The van der Waals surface area contributed by atoms with Crippen LogP contribution in [0.15, 0.2) is 17.1 Å². The van der Waals surface area contributed by atoms with E-state index in [1.165, 1.54) is 6.07 Å². The van der Waals surface area contributed by atoms with Crippen molar-refractivity contribution in [1.29, 1.82) is 0 Å². The smallest absolute Gasteiger partial charge is 0.193 e. The Balaban J connectivity index is 1.68. The molecule has 0 bridgehead atoms. The maximum Gasteiger partial charge on any atom is 0.193 e. The molecule has 1 fully saturated rings. The maximum absolute atomic E-state index is 13.9. The second-order valence-corrected chi connectivity index (χ2v) is 8.60. The normalized spacial score (nSPS) is 20.4. The summed E-state index contributed by atoms with van der Waals surface area (Å²) in [5.41, 5.74) is 1.64. The van der Waals surface area contributed by atoms with Crippen LogP contribution in [0, 0.1) is 11.7 Å². The number of ether oxygens (including phenoxy) is 2. The quantitative estimate of drug-likeness (QED) is 0.612. The summed E-state index contributed by atoms with van der Waals surface area (Å²) in [6.07, 6.45) is 0.644. The summed E-state index contributed by atoms with van der Waals surface area (Å²) >= 11 is 2.05. The summed E-state index contributed by atoms with van der Waals surface area (Å²) in [5.74, 6) is 3.24. The van der Waals surface area contributed by atoms with Crippen LogP contribution in [0.25, 0.3) is 0 Å². The zero-order valence-corrected chi connectivity index (χ0v) is 17.3. The Morgan fingerprint density at radius 2 is 2.30 bits per heavy atom. The molecular weight excluding hydrogens is 365 g/mol. The highest BCUT2D eigenvalue weighted by Gasteiger charge is 2.25. The van der Waals surface area contributed by atoms with Gasteiger partial charge in [0.05, 0.1) is 6.61 Å². The van der Waals surface area contributed by atoms with E-state index in [9.17, 15) is 4.39 Å². The van der Waals surface area contributed by atoms with Gasteiger partial charge in [-0.15, -0.1) is 0 Å². The van der Waals surface area contributed by atoms with Crippen LogP contribution < -0.4 is 10.1 Å². The minimum atomic E-state index is -0.249. The third-order valence-corrected chi connectivity index (χ3v) is 6.41. The van der Waals surface area contributed by atoms with Crippen molar-refractivity contribution in [1.82, 2.24) is 10.2 Å². The highest BCUT2D eigenvalue weighted by Crippen LogP contribution is 2.30. The van der Waals surface area contributed by atoms with Crippen LogP contribution in [-0.4, -0.2) is 54.8 Å². The molecule has 0 aromatic heterocycles. The van der Waals surface area contributed by atoms with E-state index < -0.39 is 0 Å². The van der Waals surface area contributed by atoms with Crippen molar-refractivity contribution in [2.24, 2.45) is 10.9 Å². The van der Waals surface area contributed by atoms with Gasteiger partial charge in [-0.05, 0) is 37.0 Å². The molecule has 0 saturated carbocycles. The Bertz CT molecular complexity index is 669. The SMILES string of the molecule is CCNC(=NCCc1cc(F)cc2c1OCOC2)N1CCSC(C(C)C)C1. The Labute approximate surface area is 165 Å². The number of hydrogen-bond donors (Lipinski definition) is 1. The second-order valence-electron chi connectivity index (χ2n) is 7.25. The third kappa shape index (κ3) is 5.29. The van der Waals surface area contributed by atoms with E-state index in [1.54, 1.807) is 6.07 Å². The molecule has 27 heavy (non-hydrogen) atoms. The average Bonchev–Trinajstić information content (AvgIpc) is 2.67. The van der Waals surface area contributed by atoms with Crippen LogP contribution in [0.5, 0.6) is 5.75 Å². The van der Waals surface area contributed by atoms with Gasteiger partial charge in [0.2, 0.25) is 0 Å². The monoisotopic (exact) mass is 395 g/mol. The lowest BCUT2D eigenvalue weighted by Crippen LogP contribution is -2.49. The van der Waals surface area contributed by atoms with Crippen molar-refractivity contribution >= 4 is 17.7 Å². The Morgan fingerprint density at radius 1 is 1.44 bits per heavy atom. The third-order valence-electron chi connectivity index (χ3n) is 4.87. The summed E-state index contributed by atoms with van der Waals surface area (Å²) in [7, 11) is 0. The fourth-order valence-electron chi connectivity index (χ4n) is 3.42. The van der Waals surface area contributed by atoms with E-state index in [0.29, 0.717) is 30.7 Å². The molecule has 1 unspecified atom stereocenters. The molecule has 1 aromatic rings. The largest absolute Gasteiger partial charge is 0.467 e. The van der Waals surface area contributed by atoms with Crippen LogP contribution in [0.3, 0.4) is 0 Å². The summed E-state index contributed by atoms with van der Waals surface area (Å²) < 4.78 is 24.8. The van der Waals surface area contributed by atoms with Crippen molar-refractivity contribution in [2.45, 2.75) is 39.0 Å². The molecule has 3 rings (SSSR count). The number of thioether (sulfide) groups is 1. The van der Waals surface area contributed by atoms with Crippen molar-refractivity contribution < 1.29 is 13.9 Å². The van der Waals surface area contributed by atoms with Gasteiger partial charge in [0, 0.05) is 42.7 Å². The van der Waals surface area contributed by atoms with E-state index in [4.69, 9.17) is 14.5 Å². The van der Waals surface area contributed by atoms with Gasteiger partial charge < -0.3 is 19.7 Å². The number of aliphatic imine (C=N–C) groups is 1. The topological polar surface area (TPSA) is 46.1 Å². The van der Waals surface area contributed by atoms with Gasteiger partial charge in [-0.25, -0.2) is 4.39 Å². The molecule has 0 radical (unpaired) electrons. The molecule has 5 nitrogen and oxygen atoms in total. The van der Waals surface area contributed by atoms with Gasteiger partial charge in [-0.1, -0.05) is 13.8 Å². The Hall–Kier alpha value is -1.47. The Kier molecular flexibility index (Phi) is 7.24. The number of hydrogen-bond acceptors (Lipinski definition) is 4. The first-order valence-electron chi connectivity index (χ1n) is 9.75. The van der Waals surface area contributed by atoms with Crippen LogP contribution in [-0.2, 0) is 17.8 Å². The van der Waals surface area contributed by atoms with Crippen molar-refractivity contribution in [3.8, 4) is 5.75 Å². The first-order valence-corrected chi connectivity index (χ1v) is 10.8. The molecule has 1 atom stereocenters. The molecule has 0 aliphatic carbocycles. The lowest BCUT2D eigenvalue weighted by molar-refractivity contribution is -0.0172. The van der Waals surface area contributed by atoms with Crippen molar-refractivity contribution in [3.63, 3.8) is 0 Å². The molecule has 1 N–H and O–H groups in total. The first kappa shape index (κ1) is 20.3. The molecule has 7 heteroatoms. The highest BCUT2D eigenvalue weighted by molar-refractivity contribution is 8.00. The number of fused-ring (bicyclic) bond motifs is 1. The molecule has 0 amide bonds. The standard InChI is InChI=1S/C20H30FN3O2S/c1-4-22-20(24-7-8-27-18(11-24)14(2)3)23-6-5-15-9-17(21)10-16-12-25-13-26-19(15)16/h9-10,14,18H,4-8,11-13H2,1-3H3,(H,22,23). The lowest BCUT2D eigenvalue weighted by Gasteiger charge is -2.36. The summed E-state index contributed by atoms with van der Waals surface area (Å²) in [6.45, 7) is 10.7. The number of benzene rings is 1. The van der Waals surface area contributed by atoms with E-state index in [2.05, 4.69) is 42.7 Å². The summed E-state index contributed by atoms with van der Waals surface area (Å²) in [4.78, 5) is 7.17. The van der Waals surface area contributed by atoms with Gasteiger partial charge in [-0.2, -0.15) is 11.8 Å². The van der Waals surface area contributed by atoms with Crippen molar-refractivity contribution in [2.75, 3.05) is 38.7 Å². The number of rotatable bonds is 5. The number of nitrogens with zero attached hydrogens (tertiary/aromatic N) is 2. The minimum Gasteiger partial charge on any atom is -0.467 e. The second kappa shape index (κ2) is 9.64. The predicted octanol–water partition coefficient (Wildman–Crippen LogP) is 3.27. The molecule has 2 aliphatic rings. The fourth-order valence-corrected chi connectivity index (χ4v) is 4.72. The fraction of sp³-hybridized carbons (Fsp3) is 0.650. The molecule has 2 aliphatic heterocycles. The van der Waals surface area contributed by atoms with Gasteiger partial charge >= 0.3 is 0 Å². The summed E-state index contributed by atoms with van der Waals surface area (Å²) in [6, 6.07) is 3.04. The molecule has 2 heterocycles. The highest BCUT2D eigenvalue weighted by atomic mass is 32.2. The number of guanidine groups is 1. The molecular formula is C20H30FN3O2S. The zero-order chi connectivity index (χ0) is 19.2. The molecule has 1 aromatic carbocycles. The van der Waals surface area contributed by atoms with Crippen LogP contribution in [0.4, 0.5) is 4.39 Å². The van der Waals surface area contributed by atoms with Gasteiger partial charge in [0.1, 0.15) is 11.6 Å². The number of halogens is 1. The van der Waals surface area contributed by atoms with E-state index in [0.717, 1.165) is 48.2 Å². The number of nitrogens with one attached hydrogen (secondary N) is 1. The van der Waals surface area contributed by atoms with Crippen LogP contribution in [0.2, 0.25) is 0 Å². The maximum atomic E-state index is 13.9. The molecule has 1 saturated heterocycles. The van der Waals surface area contributed by atoms with Crippen molar-refractivity contribution in [3.05, 3.63) is 29.1 Å². The average molecular weight is 396 g/mol. The van der Waals surface area contributed by atoms with Crippen LogP contribution in [0.1, 0.15) is 31.9 Å². The first-order chi connectivity index (χ1) is 13.1. The predicted molar refractivity (Wildman–Crippen MR) is 109 cm³/mol. The lowest BCUT2D eigenvalue weighted by atomic mass is 10.1. The molecule has 0 spiro atoms. The van der Waals surface area contributed by atoms with Gasteiger partial charge in [-0.3, -0.25) is 4.99 Å². The van der Waals surface area contributed by atoms with Gasteiger partial charge in [0.25, 0.3) is 0 Å². The molecule has 150 valence electrons.